The molecule has 0 aromatic heterocycles. The molecule has 1 saturated heterocycles. The molecule has 23 heavy (non-hydrogen) atoms. The lowest BCUT2D eigenvalue weighted by molar-refractivity contribution is -0.129. The van der Waals surface area contributed by atoms with Crippen molar-refractivity contribution in [3.8, 4) is 0 Å². The number of piperidine rings is 1. The molecule has 5 nitrogen and oxygen atoms in total. The molecule has 1 heterocycles. The monoisotopic (exact) mass is 315 g/mol. The van der Waals surface area contributed by atoms with Crippen LogP contribution in [0.2, 0.25) is 0 Å². The van der Waals surface area contributed by atoms with Crippen molar-refractivity contribution in [3.63, 3.8) is 0 Å². The van der Waals surface area contributed by atoms with Crippen molar-refractivity contribution < 1.29 is 9.59 Å². The Morgan fingerprint density at radius 1 is 1.13 bits per heavy atom. The third kappa shape index (κ3) is 5.06. The summed E-state index contributed by atoms with van der Waals surface area (Å²) in [4.78, 5) is 26.3. The fraction of sp³-hybridized carbons (Fsp3) is 0.556. The van der Waals surface area contributed by atoms with E-state index in [1.807, 2.05) is 18.2 Å². The number of benzene rings is 1. The van der Waals surface area contributed by atoms with Gasteiger partial charge in [-0.25, -0.2) is 0 Å². The number of nitrogens with zero attached hydrogens (tertiary/aromatic N) is 1. The standard InChI is InChI=1S/C18H25N3O2/c22-17(20-16-8-9-16)11-19-18(23)15-7-4-10-21(13-15)12-14-5-2-1-3-6-14/h1-3,5-6,15-16H,4,7-13H2,(H,19,23)(H,20,22)/t15-/m0/s1. The van der Waals surface area contributed by atoms with Crippen LogP contribution in [0.15, 0.2) is 30.3 Å². The summed E-state index contributed by atoms with van der Waals surface area (Å²) in [7, 11) is 0. The van der Waals surface area contributed by atoms with Gasteiger partial charge in [-0.15, -0.1) is 0 Å². The molecule has 1 aromatic carbocycles. The molecule has 1 aliphatic heterocycles. The van der Waals surface area contributed by atoms with Crippen molar-refractivity contribution in [1.82, 2.24) is 15.5 Å². The molecule has 124 valence electrons. The van der Waals surface area contributed by atoms with Gasteiger partial charge in [0, 0.05) is 19.1 Å². The summed E-state index contributed by atoms with van der Waals surface area (Å²) in [5, 5.41) is 5.68. The highest BCUT2D eigenvalue weighted by Crippen LogP contribution is 2.19. The molecule has 5 heteroatoms. The van der Waals surface area contributed by atoms with Crippen molar-refractivity contribution in [1.29, 1.82) is 0 Å². The Balaban J connectivity index is 1.43. The molecule has 2 aliphatic rings. The summed E-state index contributed by atoms with van der Waals surface area (Å²) < 4.78 is 0. The predicted octanol–water partition coefficient (Wildman–Crippen LogP) is 1.29. The number of hydrogen-bond donors (Lipinski definition) is 2. The third-order valence-electron chi connectivity index (χ3n) is 4.49. The minimum atomic E-state index is -0.0715. The van der Waals surface area contributed by atoms with Crippen LogP contribution in [-0.2, 0) is 16.1 Å². The molecule has 2 N–H and O–H groups in total. The smallest absolute Gasteiger partial charge is 0.239 e. The molecule has 0 radical (unpaired) electrons. The lowest BCUT2D eigenvalue weighted by Gasteiger charge is -2.32. The first kappa shape index (κ1) is 16.0. The summed E-state index contributed by atoms with van der Waals surface area (Å²) in [6.45, 7) is 2.78. The van der Waals surface area contributed by atoms with E-state index >= 15 is 0 Å². The van der Waals surface area contributed by atoms with Gasteiger partial charge in [0.1, 0.15) is 0 Å². The van der Waals surface area contributed by atoms with E-state index in [-0.39, 0.29) is 24.3 Å². The van der Waals surface area contributed by atoms with E-state index in [2.05, 4.69) is 27.7 Å². The summed E-state index contributed by atoms with van der Waals surface area (Å²) in [5.74, 6) is -0.0762. The molecule has 1 aliphatic carbocycles. The van der Waals surface area contributed by atoms with Crippen molar-refractivity contribution in [2.24, 2.45) is 5.92 Å². The van der Waals surface area contributed by atoms with E-state index in [4.69, 9.17) is 0 Å². The Morgan fingerprint density at radius 3 is 2.65 bits per heavy atom. The second-order valence-corrected chi connectivity index (χ2v) is 6.62. The number of nitrogens with one attached hydrogen (secondary N) is 2. The zero-order valence-corrected chi connectivity index (χ0v) is 13.5. The van der Waals surface area contributed by atoms with Gasteiger partial charge in [0.25, 0.3) is 0 Å². The topological polar surface area (TPSA) is 61.4 Å². The average molecular weight is 315 g/mol. The summed E-state index contributed by atoms with van der Waals surface area (Å²) in [6, 6.07) is 10.7. The largest absolute Gasteiger partial charge is 0.352 e. The average Bonchev–Trinajstić information content (AvgIpc) is 3.38. The van der Waals surface area contributed by atoms with Gasteiger partial charge in [0.15, 0.2) is 0 Å². The van der Waals surface area contributed by atoms with Crippen LogP contribution in [-0.4, -0.2) is 42.4 Å². The Hall–Kier alpha value is -1.88. The molecule has 1 saturated carbocycles. The van der Waals surface area contributed by atoms with E-state index in [0.717, 1.165) is 45.3 Å². The van der Waals surface area contributed by atoms with Crippen molar-refractivity contribution in [3.05, 3.63) is 35.9 Å². The number of rotatable bonds is 6. The van der Waals surface area contributed by atoms with Crippen LogP contribution in [0.1, 0.15) is 31.2 Å². The molecule has 2 amide bonds. The van der Waals surface area contributed by atoms with E-state index in [0.29, 0.717) is 6.04 Å². The maximum atomic E-state index is 12.3. The number of carbonyl (C=O) groups is 2. The number of likely N-dealkylation sites (tertiary alicyclic amines) is 1. The van der Waals surface area contributed by atoms with Crippen molar-refractivity contribution in [2.75, 3.05) is 19.6 Å². The number of hydrogen-bond acceptors (Lipinski definition) is 3. The summed E-state index contributed by atoms with van der Waals surface area (Å²) in [6.07, 6.45) is 4.06. The van der Waals surface area contributed by atoms with Crippen LogP contribution < -0.4 is 10.6 Å². The lowest BCUT2D eigenvalue weighted by Crippen LogP contribution is -2.45. The van der Waals surface area contributed by atoms with Crippen molar-refractivity contribution in [2.45, 2.75) is 38.3 Å². The Kier molecular flexibility index (Phi) is 5.28. The van der Waals surface area contributed by atoms with Gasteiger partial charge < -0.3 is 10.6 Å². The minimum Gasteiger partial charge on any atom is -0.352 e. The minimum absolute atomic E-state index is 0.00806. The molecular formula is C18H25N3O2. The van der Waals surface area contributed by atoms with Crippen molar-refractivity contribution >= 4 is 11.8 Å². The van der Waals surface area contributed by atoms with Gasteiger partial charge >= 0.3 is 0 Å². The third-order valence-corrected chi connectivity index (χ3v) is 4.49. The molecule has 2 fully saturated rings. The predicted molar refractivity (Wildman–Crippen MR) is 88.6 cm³/mol. The Bertz CT molecular complexity index is 542. The second-order valence-electron chi connectivity index (χ2n) is 6.62. The molecule has 0 spiro atoms. The number of amides is 2. The van der Waals surface area contributed by atoms with Crippen LogP contribution in [0.5, 0.6) is 0 Å². The first-order valence-electron chi connectivity index (χ1n) is 8.54. The second kappa shape index (κ2) is 7.59. The Labute approximate surface area is 137 Å². The quantitative estimate of drug-likeness (QED) is 0.832. The maximum absolute atomic E-state index is 12.3. The molecule has 3 rings (SSSR count). The fourth-order valence-electron chi connectivity index (χ4n) is 3.07. The Morgan fingerprint density at radius 2 is 1.91 bits per heavy atom. The van der Waals surface area contributed by atoms with E-state index in [1.165, 1.54) is 5.56 Å². The first-order chi connectivity index (χ1) is 11.2. The first-order valence-corrected chi connectivity index (χ1v) is 8.54. The highest BCUT2D eigenvalue weighted by molar-refractivity contribution is 5.86. The van der Waals surface area contributed by atoms with Gasteiger partial charge in [-0.3, -0.25) is 14.5 Å². The van der Waals surface area contributed by atoms with E-state index in [1.54, 1.807) is 0 Å². The molecular weight excluding hydrogens is 290 g/mol. The summed E-state index contributed by atoms with van der Waals surface area (Å²) >= 11 is 0. The van der Waals surface area contributed by atoms with Gasteiger partial charge in [0.2, 0.25) is 11.8 Å². The van der Waals surface area contributed by atoms with Crippen LogP contribution >= 0.6 is 0 Å². The van der Waals surface area contributed by atoms with E-state index in [9.17, 15) is 9.59 Å². The van der Waals surface area contributed by atoms with Crippen LogP contribution in [0.4, 0.5) is 0 Å². The normalized spacial score (nSPS) is 21.7. The molecule has 0 unspecified atom stereocenters. The molecule has 1 atom stereocenters. The van der Waals surface area contributed by atoms with Gasteiger partial charge in [-0.05, 0) is 37.8 Å². The molecule has 0 bridgehead atoms. The SMILES string of the molecule is O=C(CNC(=O)[C@H]1CCCN(Cc2ccccc2)C1)NC1CC1. The lowest BCUT2D eigenvalue weighted by atomic mass is 9.96. The zero-order valence-electron chi connectivity index (χ0n) is 13.5. The molecule has 1 aromatic rings. The van der Waals surface area contributed by atoms with Crippen LogP contribution in [0.25, 0.3) is 0 Å². The van der Waals surface area contributed by atoms with Gasteiger partial charge in [0.05, 0.1) is 12.5 Å². The number of carbonyl (C=O) groups excluding carboxylic acids is 2. The maximum Gasteiger partial charge on any atom is 0.239 e. The summed E-state index contributed by atoms with van der Waals surface area (Å²) in [5.41, 5.74) is 1.28. The highest BCUT2D eigenvalue weighted by atomic mass is 16.2. The van der Waals surface area contributed by atoms with E-state index < -0.39 is 0 Å². The highest BCUT2D eigenvalue weighted by Gasteiger charge is 2.27. The zero-order chi connectivity index (χ0) is 16.1. The van der Waals surface area contributed by atoms with Crippen LogP contribution in [0.3, 0.4) is 0 Å². The fourth-order valence-corrected chi connectivity index (χ4v) is 3.07. The van der Waals surface area contributed by atoms with Crippen LogP contribution in [0, 0.1) is 5.92 Å². The van der Waals surface area contributed by atoms with Gasteiger partial charge in [-0.1, -0.05) is 30.3 Å². The van der Waals surface area contributed by atoms with Gasteiger partial charge in [-0.2, -0.15) is 0 Å².